The number of rotatable bonds is 4. The average molecular weight is 441 g/mol. The average Bonchev–Trinajstić information content (AvgIpc) is 3.33. The SMILES string of the molecule is NC(=O)[C@H]1CCCN1C(=O)C1CC(c2c(-c3ccc(F)cc3)[nH]c3c(F)cc(F)cc23)C1. The molecule has 5 rings (SSSR count). The van der Waals surface area contributed by atoms with Crippen LogP contribution in [0.2, 0.25) is 0 Å². The van der Waals surface area contributed by atoms with Crippen LogP contribution in [0.1, 0.15) is 37.2 Å². The van der Waals surface area contributed by atoms with Crippen molar-refractivity contribution in [3.63, 3.8) is 0 Å². The van der Waals surface area contributed by atoms with E-state index in [1.165, 1.54) is 18.2 Å². The van der Waals surface area contributed by atoms with Crippen molar-refractivity contribution in [2.45, 2.75) is 37.6 Å². The van der Waals surface area contributed by atoms with Crippen LogP contribution in [-0.4, -0.2) is 34.3 Å². The second-order valence-electron chi connectivity index (χ2n) is 8.69. The standard InChI is InChI=1S/C24H22F3N3O2/c25-15-5-3-12(4-6-15)21-20(17-10-16(26)11-18(27)22(17)29-21)13-8-14(9-13)24(32)30-7-1-2-19(30)23(28)31/h3-6,10-11,13-14,19,29H,1-2,7-9H2,(H2,28,31)/t13?,14?,19-/m1/s1. The maximum atomic E-state index is 14.5. The molecule has 8 heteroatoms. The second-order valence-corrected chi connectivity index (χ2v) is 8.69. The fraction of sp³-hybridized carbons (Fsp3) is 0.333. The monoisotopic (exact) mass is 441 g/mol. The first kappa shape index (κ1) is 20.6. The fourth-order valence-electron chi connectivity index (χ4n) is 5.12. The van der Waals surface area contributed by atoms with Gasteiger partial charge < -0.3 is 15.6 Å². The number of aromatic nitrogens is 1. The molecular formula is C24H22F3N3O2. The van der Waals surface area contributed by atoms with Gasteiger partial charge in [0.25, 0.3) is 0 Å². The smallest absolute Gasteiger partial charge is 0.240 e. The first-order valence-corrected chi connectivity index (χ1v) is 10.7. The molecule has 1 saturated carbocycles. The molecule has 1 aromatic heterocycles. The number of amides is 2. The van der Waals surface area contributed by atoms with Gasteiger partial charge in [-0.25, -0.2) is 13.2 Å². The van der Waals surface area contributed by atoms with E-state index >= 15 is 0 Å². The van der Waals surface area contributed by atoms with Gasteiger partial charge in [0.15, 0.2) is 0 Å². The summed E-state index contributed by atoms with van der Waals surface area (Å²) in [6, 6.07) is 7.34. The van der Waals surface area contributed by atoms with E-state index in [0.717, 1.165) is 18.1 Å². The number of benzene rings is 2. The van der Waals surface area contributed by atoms with Crippen LogP contribution in [0, 0.1) is 23.4 Å². The fourth-order valence-corrected chi connectivity index (χ4v) is 5.12. The van der Waals surface area contributed by atoms with Crippen LogP contribution < -0.4 is 5.73 Å². The molecule has 0 unspecified atom stereocenters. The Kier molecular flexibility index (Phi) is 4.95. The summed E-state index contributed by atoms with van der Waals surface area (Å²) < 4.78 is 42.0. The number of nitrogens with two attached hydrogens (primary N) is 1. The summed E-state index contributed by atoms with van der Waals surface area (Å²) in [7, 11) is 0. The van der Waals surface area contributed by atoms with E-state index in [0.29, 0.717) is 42.5 Å². The van der Waals surface area contributed by atoms with Crippen molar-refractivity contribution in [1.29, 1.82) is 0 Å². The highest BCUT2D eigenvalue weighted by molar-refractivity contribution is 5.93. The number of nitrogens with one attached hydrogen (secondary N) is 1. The minimum atomic E-state index is -0.706. The topological polar surface area (TPSA) is 79.2 Å². The summed E-state index contributed by atoms with van der Waals surface area (Å²) in [6.07, 6.45) is 2.32. The summed E-state index contributed by atoms with van der Waals surface area (Å²) in [5.41, 5.74) is 7.60. The number of H-pyrrole nitrogens is 1. The lowest BCUT2D eigenvalue weighted by Crippen LogP contribution is -2.48. The zero-order valence-corrected chi connectivity index (χ0v) is 17.2. The van der Waals surface area contributed by atoms with Crippen molar-refractivity contribution in [2.24, 2.45) is 11.7 Å². The number of halogens is 3. The Morgan fingerprint density at radius 3 is 2.44 bits per heavy atom. The Hall–Kier alpha value is -3.29. The predicted octanol–water partition coefficient (Wildman–Crippen LogP) is 4.22. The van der Waals surface area contributed by atoms with Crippen LogP contribution >= 0.6 is 0 Å². The zero-order chi connectivity index (χ0) is 22.6. The van der Waals surface area contributed by atoms with Gasteiger partial charge in [-0.05, 0) is 73.1 Å². The molecule has 0 bridgehead atoms. The van der Waals surface area contributed by atoms with Gasteiger partial charge in [0.1, 0.15) is 23.5 Å². The summed E-state index contributed by atoms with van der Waals surface area (Å²) in [6.45, 7) is 0.512. The number of fused-ring (bicyclic) bond motifs is 1. The molecule has 1 aliphatic carbocycles. The van der Waals surface area contributed by atoms with Gasteiger partial charge in [-0.3, -0.25) is 9.59 Å². The van der Waals surface area contributed by atoms with Crippen molar-refractivity contribution in [3.05, 3.63) is 59.4 Å². The molecule has 0 radical (unpaired) electrons. The number of carbonyl (C=O) groups is 2. The maximum absolute atomic E-state index is 14.5. The highest BCUT2D eigenvalue weighted by atomic mass is 19.1. The molecule has 5 nitrogen and oxygen atoms in total. The molecule has 32 heavy (non-hydrogen) atoms. The summed E-state index contributed by atoms with van der Waals surface area (Å²) in [4.78, 5) is 29.2. The normalized spacial score (nSPS) is 22.8. The molecule has 2 fully saturated rings. The second kappa shape index (κ2) is 7.69. The highest BCUT2D eigenvalue weighted by Crippen LogP contribution is 2.49. The van der Waals surface area contributed by atoms with Crippen LogP contribution in [0.3, 0.4) is 0 Å². The van der Waals surface area contributed by atoms with E-state index in [1.54, 1.807) is 17.0 Å². The van der Waals surface area contributed by atoms with Gasteiger partial charge >= 0.3 is 0 Å². The van der Waals surface area contributed by atoms with Crippen molar-refractivity contribution < 1.29 is 22.8 Å². The van der Waals surface area contributed by atoms with Crippen molar-refractivity contribution in [3.8, 4) is 11.3 Å². The molecule has 0 spiro atoms. The number of likely N-dealkylation sites (tertiary alicyclic amines) is 1. The number of nitrogens with zero attached hydrogens (tertiary/aromatic N) is 1. The largest absolute Gasteiger partial charge is 0.368 e. The van der Waals surface area contributed by atoms with Gasteiger partial charge in [-0.1, -0.05) is 0 Å². The lowest BCUT2D eigenvalue weighted by atomic mass is 9.69. The molecule has 1 aliphatic heterocycles. The molecule has 2 aromatic carbocycles. The molecule has 2 aliphatic rings. The molecule has 3 N–H and O–H groups in total. The Morgan fingerprint density at radius 1 is 1.03 bits per heavy atom. The van der Waals surface area contributed by atoms with E-state index in [1.807, 2.05) is 0 Å². The number of aromatic amines is 1. The van der Waals surface area contributed by atoms with Crippen LogP contribution in [0.25, 0.3) is 22.2 Å². The molecule has 1 atom stereocenters. The third-order valence-corrected chi connectivity index (χ3v) is 6.76. The summed E-state index contributed by atoms with van der Waals surface area (Å²) in [5.74, 6) is -2.75. The molecular weight excluding hydrogens is 419 g/mol. The van der Waals surface area contributed by atoms with Crippen molar-refractivity contribution in [2.75, 3.05) is 6.54 Å². The van der Waals surface area contributed by atoms with Gasteiger partial charge in [0.2, 0.25) is 11.8 Å². The summed E-state index contributed by atoms with van der Waals surface area (Å²) >= 11 is 0. The quantitative estimate of drug-likeness (QED) is 0.636. The van der Waals surface area contributed by atoms with E-state index < -0.39 is 29.4 Å². The van der Waals surface area contributed by atoms with Gasteiger partial charge in [0.05, 0.1) is 11.2 Å². The van der Waals surface area contributed by atoms with Gasteiger partial charge in [0, 0.05) is 23.9 Å². The zero-order valence-electron chi connectivity index (χ0n) is 17.2. The van der Waals surface area contributed by atoms with Crippen LogP contribution in [0.4, 0.5) is 13.2 Å². The number of hydrogen-bond acceptors (Lipinski definition) is 2. The highest BCUT2D eigenvalue weighted by Gasteiger charge is 2.43. The molecule has 2 heterocycles. The van der Waals surface area contributed by atoms with Crippen LogP contribution in [0.15, 0.2) is 36.4 Å². The number of carbonyl (C=O) groups excluding carboxylic acids is 2. The lowest BCUT2D eigenvalue weighted by molar-refractivity contribution is -0.143. The Morgan fingerprint density at radius 2 is 1.75 bits per heavy atom. The molecule has 166 valence electrons. The van der Waals surface area contributed by atoms with Crippen molar-refractivity contribution in [1.82, 2.24) is 9.88 Å². The van der Waals surface area contributed by atoms with E-state index in [9.17, 15) is 22.8 Å². The van der Waals surface area contributed by atoms with Crippen LogP contribution in [0.5, 0.6) is 0 Å². The molecule has 1 saturated heterocycles. The Balaban J connectivity index is 1.48. The third kappa shape index (κ3) is 3.34. The minimum Gasteiger partial charge on any atom is -0.368 e. The van der Waals surface area contributed by atoms with E-state index in [2.05, 4.69) is 4.98 Å². The van der Waals surface area contributed by atoms with Gasteiger partial charge in [-0.2, -0.15) is 0 Å². The summed E-state index contributed by atoms with van der Waals surface area (Å²) in [5, 5.41) is 0.425. The molecule has 2 amide bonds. The van der Waals surface area contributed by atoms with E-state index in [4.69, 9.17) is 5.73 Å². The van der Waals surface area contributed by atoms with Crippen LogP contribution in [-0.2, 0) is 9.59 Å². The van der Waals surface area contributed by atoms with Gasteiger partial charge in [-0.15, -0.1) is 0 Å². The Bertz CT molecular complexity index is 1220. The predicted molar refractivity (Wildman–Crippen MR) is 113 cm³/mol. The number of hydrogen-bond donors (Lipinski definition) is 2. The van der Waals surface area contributed by atoms with E-state index in [-0.39, 0.29) is 23.3 Å². The lowest BCUT2D eigenvalue weighted by Gasteiger charge is -2.38. The Labute approximate surface area is 182 Å². The molecule has 3 aromatic rings. The van der Waals surface area contributed by atoms with Crippen molar-refractivity contribution >= 4 is 22.7 Å². The number of primary amides is 1. The maximum Gasteiger partial charge on any atom is 0.240 e. The third-order valence-electron chi connectivity index (χ3n) is 6.76. The first-order valence-electron chi connectivity index (χ1n) is 10.7. The first-order chi connectivity index (χ1) is 15.3. The minimum absolute atomic E-state index is 0.0944.